The first-order valence-electron chi connectivity index (χ1n) is 5.29. The van der Waals surface area contributed by atoms with Gasteiger partial charge in [0.05, 0.1) is 11.3 Å². The van der Waals surface area contributed by atoms with E-state index in [0.29, 0.717) is 12.1 Å². The number of nitrogen functional groups attached to an aromatic ring is 1. The van der Waals surface area contributed by atoms with Crippen molar-refractivity contribution in [3.63, 3.8) is 0 Å². The predicted octanol–water partition coefficient (Wildman–Crippen LogP) is 2.94. The minimum absolute atomic E-state index is 0.0726. The average Bonchev–Trinajstić information content (AvgIpc) is 2.36. The Kier molecular flexibility index (Phi) is 3.41. The average molecular weight is 266 g/mol. The van der Waals surface area contributed by atoms with Crippen molar-refractivity contribution in [1.29, 1.82) is 0 Å². The molecule has 0 unspecified atom stereocenters. The fourth-order valence-corrected chi connectivity index (χ4v) is 1.51. The van der Waals surface area contributed by atoms with Crippen molar-refractivity contribution >= 4 is 17.3 Å². The number of nitrogens with two attached hydrogens (primary N) is 1. The summed E-state index contributed by atoms with van der Waals surface area (Å²) >= 11 is 0. The number of anilines is 2. The molecule has 3 nitrogen and oxygen atoms in total. The van der Waals surface area contributed by atoms with Crippen molar-refractivity contribution in [3.05, 3.63) is 59.4 Å². The Morgan fingerprint density at radius 1 is 1.00 bits per heavy atom. The second-order valence-electron chi connectivity index (χ2n) is 3.79. The molecular formula is C13H9F3N2O. The summed E-state index contributed by atoms with van der Waals surface area (Å²) in [6, 6.07) is 6.84. The van der Waals surface area contributed by atoms with E-state index >= 15 is 0 Å². The van der Waals surface area contributed by atoms with Crippen LogP contribution in [0.5, 0.6) is 0 Å². The van der Waals surface area contributed by atoms with Crippen LogP contribution in [-0.4, -0.2) is 5.91 Å². The van der Waals surface area contributed by atoms with Gasteiger partial charge in [-0.05, 0) is 18.2 Å². The molecule has 2 aromatic carbocycles. The van der Waals surface area contributed by atoms with Gasteiger partial charge < -0.3 is 11.1 Å². The first kappa shape index (κ1) is 12.9. The lowest BCUT2D eigenvalue weighted by molar-refractivity contribution is 0.102. The largest absolute Gasteiger partial charge is 0.398 e. The maximum Gasteiger partial charge on any atom is 0.257 e. The highest BCUT2D eigenvalue weighted by Gasteiger charge is 2.15. The Hall–Kier alpha value is -2.50. The summed E-state index contributed by atoms with van der Waals surface area (Å²) in [5, 5.41) is 2.23. The van der Waals surface area contributed by atoms with E-state index in [2.05, 4.69) is 5.32 Å². The zero-order valence-electron chi connectivity index (χ0n) is 9.58. The standard InChI is InChI=1S/C13H9F3N2O/c14-8-3-1-2-4-12(8)18-13(19)7-5-9(15)10(16)6-11(7)17/h1-6H,17H2,(H,18,19). The van der Waals surface area contributed by atoms with Gasteiger partial charge in [-0.1, -0.05) is 12.1 Å². The van der Waals surface area contributed by atoms with Gasteiger partial charge in [0.2, 0.25) is 0 Å². The maximum absolute atomic E-state index is 13.3. The molecule has 0 heterocycles. The number of carbonyl (C=O) groups is 1. The fraction of sp³-hybridized carbons (Fsp3) is 0. The predicted molar refractivity (Wildman–Crippen MR) is 65.1 cm³/mol. The monoisotopic (exact) mass is 266 g/mol. The molecular weight excluding hydrogens is 257 g/mol. The number of hydrogen-bond donors (Lipinski definition) is 2. The van der Waals surface area contributed by atoms with Gasteiger partial charge in [-0.15, -0.1) is 0 Å². The molecule has 19 heavy (non-hydrogen) atoms. The summed E-state index contributed by atoms with van der Waals surface area (Å²) < 4.78 is 39.2. The Morgan fingerprint density at radius 3 is 2.32 bits per heavy atom. The zero-order valence-corrected chi connectivity index (χ0v) is 9.58. The lowest BCUT2D eigenvalue weighted by atomic mass is 10.1. The Balaban J connectivity index is 2.31. The fourth-order valence-electron chi connectivity index (χ4n) is 1.51. The number of benzene rings is 2. The molecule has 6 heteroatoms. The third-order valence-corrected chi connectivity index (χ3v) is 2.46. The molecule has 0 saturated heterocycles. The Labute approximate surface area is 106 Å². The minimum atomic E-state index is -1.20. The molecule has 0 radical (unpaired) electrons. The molecule has 0 fully saturated rings. The molecule has 0 atom stereocenters. The first-order valence-corrected chi connectivity index (χ1v) is 5.29. The van der Waals surface area contributed by atoms with Crippen LogP contribution in [0, 0.1) is 17.5 Å². The number of hydrogen-bond acceptors (Lipinski definition) is 2. The van der Waals surface area contributed by atoms with Crippen LogP contribution >= 0.6 is 0 Å². The summed E-state index contributed by atoms with van der Waals surface area (Å²) in [6.07, 6.45) is 0. The van der Waals surface area contributed by atoms with Crippen molar-refractivity contribution in [2.45, 2.75) is 0 Å². The van der Waals surface area contributed by atoms with Crippen LogP contribution in [0.1, 0.15) is 10.4 Å². The van der Waals surface area contributed by atoms with Gasteiger partial charge in [-0.25, -0.2) is 13.2 Å². The van der Waals surface area contributed by atoms with Crippen molar-refractivity contribution in [2.75, 3.05) is 11.1 Å². The smallest absolute Gasteiger partial charge is 0.257 e. The van der Waals surface area contributed by atoms with Gasteiger partial charge in [0.1, 0.15) is 5.82 Å². The quantitative estimate of drug-likeness (QED) is 0.821. The minimum Gasteiger partial charge on any atom is -0.398 e. The van der Waals surface area contributed by atoms with E-state index in [-0.39, 0.29) is 16.9 Å². The molecule has 1 amide bonds. The Bertz CT molecular complexity index is 644. The molecule has 0 aliphatic carbocycles. The SMILES string of the molecule is Nc1cc(F)c(F)cc1C(=O)Nc1ccccc1F. The molecule has 0 aliphatic rings. The molecule has 2 rings (SSSR count). The third kappa shape index (κ3) is 2.67. The van der Waals surface area contributed by atoms with E-state index in [4.69, 9.17) is 5.73 Å². The van der Waals surface area contributed by atoms with Crippen LogP contribution in [0.4, 0.5) is 24.5 Å². The summed E-state index contributed by atoms with van der Waals surface area (Å²) in [5.41, 5.74) is 4.86. The van der Waals surface area contributed by atoms with E-state index in [1.54, 1.807) is 0 Å². The van der Waals surface area contributed by atoms with Crippen LogP contribution in [0.3, 0.4) is 0 Å². The summed E-state index contributed by atoms with van der Waals surface area (Å²) in [5.74, 6) is -3.81. The van der Waals surface area contributed by atoms with E-state index in [1.807, 2.05) is 0 Å². The third-order valence-electron chi connectivity index (χ3n) is 2.46. The molecule has 2 aromatic rings. The van der Waals surface area contributed by atoms with Crippen molar-refractivity contribution in [2.24, 2.45) is 0 Å². The molecule has 0 aromatic heterocycles. The Morgan fingerprint density at radius 2 is 1.63 bits per heavy atom. The molecule has 0 aliphatic heterocycles. The highest BCUT2D eigenvalue weighted by Crippen LogP contribution is 2.20. The molecule has 0 spiro atoms. The number of halogens is 3. The van der Waals surface area contributed by atoms with Crippen LogP contribution in [0.25, 0.3) is 0 Å². The molecule has 0 bridgehead atoms. The van der Waals surface area contributed by atoms with Crippen molar-refractivity contribution < 1.29 is 18.0 Å². The second kappa shape index (κ2) is 5.01. The number of carbonyl (C=O) groups excluding carboxylic acids is 1. The normalized spacial score (nSPS) is 10.3. The van der Waals surface area contributed by atoms with Gasteiger partial charge in [0.15, 0.2) is 11.6 Å². The summed E-state index contributed by atoms with van der Waals surface area (Å²) in [7, 11) is 0. The van der Waals surface area contributed by atoms with Gasteiger partial charge in [0, 0.05) is 11.8 Å². The zero-order chi connectivity index (χ0) is 14.0. The van der Waals surface area contributed by atoms with E-state index < -0.39 is 23.4 Å². The van der Waals surface area contributed by atoms with E-state index in [9.17, 15) is 18.0 Å². The lowest BCUT2D eigenvalue weighted by Gasteiger charge is -2.08. The van der Waals surface area contributed by atoms with Crippen LogP contribution in [-0.2, 0) is 0 Å². The number of rotatable bonds is 2. The van der Waals surface area contributed by atoms with Crippen LogP contribution < -0.4 is 11.1 Å². The lowest BCUT2D eigenvalue weighted by Crippen LogP contribution is -2.15. The summed E-state index contributed by atoms with van der Waals surface area (Å²) in [4.78, 5) is 11.8. The highest BCUT2D eigenvalue weighted by molar-refractivity contribution is 6.07. The van der Waals surface area contributed by atoms with Gasteiger partial charge in [0.25, 0.3) is 5.91 Å². The van der Waals surface area contributed by atoms with Gasteiger partial charge in [-0.3, -0.25) is 4.79 Å². The molecule has 0 saturated carbocycles. The van der Waals surface area contributed by atoms with Crippen molar-refractivity contribution in [1.82, 2.24) is 0 Å². The number of amides is 1. The number of para-hydroxylation sites is 1. The van der Waals surface area contributed by atoms with Crippen LogP contribution in [0.2, 0.25) is 0 Å². The second-order valence-corrected chi connectivity index (χ2v) is 3.79. The van der Waals surface area contributed by atoms with E-state index in [1.165, 1.54) is 18.2 Å². The highest BCUT2D eigenvalue weighted by atomic mass is 19.2. The van der Waals surface area contributed by atoms with Crippen LogP contribution in [0.15, 0.2) is 36.4 Å². The van der Waals surface area contributed by atoms with Crippen molar-refractivity contribution in [3.8, 4) is 0 Å². The topological polar surface area (TPSA) is 55.1 Å². The maximum atomic E-state index is 13.3. The van der Waals surface area contributed by atoms with E-state index in [0.717, 1.165) is 6.07 Å². The summed E-state index contributed by atoms with van der Waals surface area (Å²) in [6.45, 7) is 0. The first-order chi connectivity index (χ1) is 8.99. The number of nitrogens with one attached hydrogen (secondary N) is 1. The van der Waals surface area contributed by atoms with Gasteiger partial charge in [-0.2, -0.15) is 0 Å². The molecule has 98 valence electrons. The molecule has 3 N–H and O–H groups in total. The van der Waals surface area contributed by atoms with Gasteiger partial charge >= 0.3 is 0 Å².